The molecule has 2 rings (SSSR count). The molecule has 0 amide bonds. The fourth-order valence-electron chi connectivity index (χ4n) is 1.97. The second-order valence-electron chi connectivity index (χ2n) is 4.41. The van der Waals surface area contributed by atoms with Crippen molar-refractivity contribution in [3.05, 3.63) is 18.2 Å². The first-order chi connectivity index (χ1) is 8.38. The number of anilines is 2. The fourth-order valence-corrected chi connectivity index (χ4v) is 2.52. The van der Waals surface area contributed by atoms with Gasteiger partial charge in [-0.25, -0.2) is 13.6 Å². The van der Waals surface area contributed by atoms with Gasteiger partial charge in [0, 0.05) is 6.61 Å². The highest BCUT2D eigenvalue weighted by atomic mass is 32.2. The van der Waals surface area contributed by atoms with Crippen molar-refractivity contribution in [2.45, 2.75) is 30.4 Å². The van der Waals surface area contributed by atoms with Gasteiger partial charge >= 0.3 is 0 Å². The quantitative estimate of drug-likeness (QED) is 0.694. The van der Waals surface area contributed by atoms with Crippen LogP contribution in [-0.4, -0.2) is 27.2 Å². The molecule has 0 spiro atoms. The van der Waals surface area contributed by atoms with Crippen LogP contribution in [0.1, 0.15) is 13.3 Å². The predicted molar refractivity (Wildman–Crippen MR) is 69.7 cm³/mol. The van der Waals surface area contributed by atoms with Crippen molar-refractivity contribution in [1.29, 1.82) is 0 Å². The Morgan fingerprint density at radius 2 is 2.17 bits per heavy atom. The molecule has 0 aliphatic carbocycles. The highest BCUT2D eigenvalue weighted by molar-refractivity contribution is 7.89. The van der Waals surface area contributed by atoms with Crippen molar-refractivity contribution in [1.82, 2.24) is 0 Å². The molecule has 1 heterocycles. The number of sulfonamides is 1. The van der Waals surface area contributed by atoms with Crippen molar-refractivity contribution in [2.75, 3.05) is 17.7 Å². The van der Waals surface area contributed by atoms with E-state index in [1.807, 2.05) is 6.92 Å². The van der Waals surface area contributed by atoms with Gasteiger partial charge in [0.15, 0.2) is 0 Å². The number of hydrogen-bond donors (Lipinski definition) is 3. The minimum Gasteiger partial charge on any atom is -0.397 e. The minimum atomic E-state index is -3.71. The van der Waals surface area contributed by atoms with Gasteiger partial charge in [0.1, 0.15) is 0 Å². The molecule has 0 radical (unpaired) electrons. The summed E-state index contributed by atoms with van der Waals surface area (Å²) in [6, 6.07) is 4.61. The fraction of sp³-hybridized carbons (Fsp3) is 0.455. The molecule has 1 saturated heterocycles. The summed E-state index contributed by atoms with van der Waals surface area (Å²) in [5.41, 5.74) is 6.88. The first-order valence-corrected chi connectivity index (χ1v) is 7.23. The topological polar surface area (TPSA) is 107 Å². The molecule has 18 heavy (non-hydrogen) atoms. The minimum absolute atomic E-state index is 0.0151. The molecule has 7 heteroatoms. The van der Waals surface area contributed by atoms with E-state index in [4.69, 9.17) is 15.6 Å². The predicted octanol–water partition coefficient (Wildman–Crippen LogP) is 0.505. The molecular weight excluding hydrogens is 254 g/mol. The van der Waals surface area contributed by atoms with Crippen molar-refractivity contribution < 1.29 is 13.2 Å². The second-order valence-corrected chi connectivity index (χ2v) is 5.97. The van der Waals surface area contributed by atoms with Crippen molar-refractivity contribution in [3.63, 3.8) is 0 Å². The van der Waals surface area contributed by atoms with Crippen LogP contribution in [0.2, 0.25) is 0 Å². The van der Waals surface area contributed by atoms with Crippen LogP contribution in [0.5, 0.6) is 0 Å². The van der Waals surface area contributed by atoms with Crippen LogP contribution in [0.4, 0.5) is 11.4 Å². The normalized spacial score (nSPS) is 24.1. The summed E-state index contributed by atoms with van der Waals surface area (Å²) in [7, 11) is -3.71. The average Bonchev–Trinajstić information content (AvgIpc) is 2.66. The molecule has 2 unspecified atom stereocenters. The van der Waals surface area contributed by atoms with E-state index in [-0.39, 0.29) is 17.0 Å². The molecular formula is C11H17N3O3S. The molecule has 1 aliphatic heterocycles. The number of hydrogen-bond acceptors (Lipinski definition) is 5. The van der Waals surface area contributed by atoms with Crippen LogP contribution in [0, 0.1) is 0 Å². The van der Waals surface area contributed by atoms with Crippen LogP contribution in [0.25, 0.3) is 0 Å². The van der Waals surface area contributed by atoms with E-state index in [0.29, 0.717) is 18.0 Å². The van der Waals surface area contributed by atoms with Crippen molar-refractivity contribution in [3.8, 4) is 0 Å². The lowest BCUT2D eigenvalue weighted by molar-refractivity contribution is 0.121. The highest BCUT2D eigenvalue weighted by Gasteiger charge is 2.24. The molecule has 0 saturated carbocycles. The third-order valence-electron chi connectivity index (χ3n) is 3.07. The Morgan fingerprint density at radius 1 is 1.44 bits per heavy atom. The van der Waals surface area contributed by atoms with Gasteiger partial charge in [0.2, 0.25) is 10.0 Å². The molecule has 0 bridgehead atoms. The summed E-state index contributed by atoms with van der Waals surface area (Å²) in [5.74, 6) is 0. The SMILES string of the molecule is CC1OCCC1Nc1ccc(S(N)(=O)=O)cc1N. The van der Waals surface area contributed by atoms with E-state index in [1.54, 1.807) is 6.07 Å². The second kappa shape index (κ2) is 4.75. The van der Waals surface area contributed by atoms with Crippen LogP contribution in [0.15, 0.2) is 23.1 Å². The van der Waals surface area contributed by atoms with E-state index in [2.05, 4.69) is 5.32 Å². The van der Waals surface area contributed by atoms with Crippen LogP contribution < -0.4 is 16.2 Å². The van der Waals surface area contributed by atoms with E-state index < -0.39 is 10.0 Å². The van der Waals surface area contributed by atoms with Crippen LogP contribution in [-0.2, 0) is 14.8 Å². The molecule has 1 aromatic rings. The number of primary sulfonamides is 1. The monoisotopic (exact) mass is 271 g/mol. The standard InChI is InChI=1S/C11H17N3O3S/c1-7-10(4-5-17-7)14-11-3-2-8(6-9(11)12)18(13,15)16/h2-3,6-7,10,14H,4-5,12H2,1H3,(H2,13,15,16). The van der Waals surface area contributed by atoms with Gasteiger partial charge in [-0.2, -0.15) is 0 Å². The Hall–Kier alpha value is -1.31. The maximum absolute atomic E-state index is 11.2. The van der Waals surface area contributed by atoms with Crippen LogP contribution >= 0.6 is 0 Å². The highest BCUT2D eigenvalue weighted by Crippen LogP contribution is 2.25. The lowest BCUT2D eigenvalue weighted by Gasteiger charge is -2.19. The summed E-state index contributed by atoms with van der Waals surface area (Å²) >= 11 is 0. The zero-order chi connectivity index (χ0) is 13.3. The zero-order valence-electron chi connectivity index (χ0n) is 10.1. The largest absolute Gasteiger partial charge is 0.397 e. The first-order valence-electron chi connectivity index (χ1n) is 5.68. The van der Waals surface area contributed by atoms with Crippen LogP contribution in [0.3, 0.4) is 0 Å². The smallest absolute Gasteiger partial charge is 0.238 e. The molecule has 1 fully saturated rings. The molecule has 1 aliphatic rings. The molecule has 5 N–H and O–H groups in total. The van der Waals surface area contributed by atoms with Gasteiger partial charge in [0.25, 0.3) is 0 Å². The van der Waals surface area contributed by atoms with Gasteiger partial charge in [-0.3, -0.25) is 0 Å². The molecule has 1 aromatic carbocycles. The Labute approximate surface area is 106 Å². The van der Waals surface area contributed by atoms with E-state index in [9.17, 15) is 8.42 Å². The number of nitrogen functional groups attached to an aromatic ring is 1. The Bertz CT molecular complexity index is 544. The van der Waals surface area contributed by atoms with E-state index >= 15 is 0 Å². The number of benzene rings is 1. The third-order valence-corrected chi connectivity index (χ3v) is 3.98. The summed E-state index contributed by atoms with van der Waals surface area (Å²) in [5, 5.41) is 8.29. The number of nitrogens with one attached hydrogen (secondary N) is 1. The number of nitrogens with two attached hydrogens (primary N) is 2. The van der Waals surface area contributed by atoms with Crippen molar-refractivity contribution >= 4 is 21.4 Å². The number of rotatable bonds is 3. The van der Waals surface area contributed by atoms with Gasteiger partial charge in [0.05, 0.1) is 28.4 Å². The molecule has 2 atom stereocenters. The zero-order valence-corrected chi connectivity index (χ0v) is 10.9. The Morgan fingerprint density at radius 3 is 2.67 bits per heavy atom. The van der Waals surface area contributed by atoms with Gasteiger partial charge in [-0.05, 0) is 31.5 Å². The number of ether oxygens (including phenoxy) is 1. The van der Waals surface area contributed by atoms with Crippen molar-refractivity contribution in [2.24, 2.45) is 5.14 Å². The molecule has 6 nitrogen and oxygen atoms in total. The van der Waals surface area contributed by atoms with Gasteiger partial charge in [-0.15, -0.1) is 0 Å². The lowest BCUT2D eigenvalue weighted by atomic mass is 10.1. The summed E-state index contributed by atoms with van der Waals surface area (Å²) < 4.78 is 27.8. The summed E-state index contributed by atoms with van der Waals surface area (Å²) in [4.78, 5) is 0.0151. The summed E-state index contributed by atoms with van der Waals surface area (Å²) in [6.45, 7) is 2.70. The van der Waals surface area contributed by atoms with E-state index in [1.165, 1.54) is 12.1 Å². The third kappa shape index (κ3) is 2.74. The van der Waals surface area contributed by atoms with E-state index in [0.717, 1.165) is 6.42 Å². The maximum Gasteiger partial charge on any atom is 0.238 e. The lowest BCUT2D eigenvalue weighted by Crippen LogP contribution is -2.27. The first kappa shape index (κ1) is 13.1. The maximum atomic E-state index is 11.2. The summed E-state index contributed by atoms with van der Waals surface area (Å²) in [6.07, 6.45) is 1.01. The molecule has 0 aromatic heterocycles. The average molecular weight is 271 g/mol. The van der Waals surface area contributed by atoms with Gasteiger partial charge in [-0.1, -0.05) is 0 Å². The molecule has 100 valence electrons. The van der Waals surface area contributed by atoms with Gasteiger partial charge < -0.3 is 15.8 Å². The Balaban J connectivity index is 2.20. The Kier molecular flexibility index (Phi) is 3.47.